The number of para-hydroxylation sites is 2. The van der Waals surface area contributed by atoms with Gasteiger partial charge in [0.25, 0.3) is 0 Å². The maximum Gasteiger partial charge on any atom is 0.148 e. The number of anilines is 2. The van der Waals surface area contributed by atoms with E-state index >= 15 is 0 Å². The van der Waals surface area contributed by atoms with Gasteiger partial charge in [0.15, 0.2) is 0 Å². The number of rotatable bonds is 5. The van der Waals surface area contributed by atoms with E-state index in [1.54, 1.807) is 0 Å². The molecule has 0 aliphatic carbocycles. The van der Waals surface area contributed by atoms with Gasteiger partial charge in [0, 0.05) is 12.3 Å². The van der Waals surface area contributed by atoms with Crippen LogP contribution < -0.4 is 10.2 Å². The lowest BCUT2D eigenvalue weighted by atomic mass is 10.2. The van der Waals surface area contributed by atoms with E-state index in [2.05, 4.69) is 46.6 Å². The fraction of sp³-hybridized carbons (Fsp3) is 0.250. The van der Waals surface area contributed by atoms with Gasteiger partial charge in [0.1, 0.15) is 5.50 Å². The molecule has 1 atom stereocenters. The van der Waals surface area contributed by atoms with Gasteiger partial charge in [-0.2, -0.15) is 0 Å². The fourth-order valence-corrected chi connectivity index (χ4v) is 3.56. The van der Waals surface area contributed by atoms with Gasteiger partial charge in [-0.1, -0.05) is 42.5 Å². The Hall–Kier alpha value is -1.65. The van der Waals surface area contributed by atoms with Crippen molar-refractivity contribution in [2.75, 3.05) is 23.4 Å². The summed E-state index contributed by atoms with van der Waals surface area (Å²) in [4.78, 5) is 2.23. The van der Waals surface area contributed by atoms with Crippen LogP contribution in [0.25, 0.3) is 0 Å². The molecule has 0 radical (unpaired) electrons. The molecule has 0 aromatic heterocycles. The lowest BCUT2D eigenvalue weighted by Gasteiger charge is -2.25. The Bertz CT molecular complexity index is 561. The van der Waals surface area contributed by atoms with Gasteiger partial charge < -0.3 is 15.3 Å². The number of aliphatic hydroxyl groups excluding tert-OH is 1. The van der Waals surface area contributed by atoms with Crippen molar-refractivity contribution in [3.05, 3.63) is 60.2 Å². The SMILES string of the molecule is OCCN1c2ccccc2NC1SCc1ccccc1. The first-order valence-electron chi connectivity index (χ1n) is 6.77. The first-order chi connectivity index (χ1) is 9.88. The van der Waals surface area contributed by atoms with Crippen LogP contribution >= 0.6 is 11.8 Å². The predicted octanol–water partition coefficient (Wildman–Crippen LogP) is 3.13. The first-order valence-corrected chi connectivity index (χ1v) is 7.82. The van der Waals surface area contributed by atoms with Crippen LogP contribution in [0.5, 0.6) is 0 Å². The Balaban J connectivity index is 1.71. The van der Waals surface area contributed by atoms with Crippen molar-refractivity contribution < 1.29 is 5.11 Å². The standard InChI is InChI=1S/C16H18N2OS/c19-11-10-18-15-9-5-4-8-14(15)17-16(18)20-12-13-6-2-1-3-7-13/h1-9,16-17,19H,10-12H2. The highest BCUT2D eigenvalue weighted by molar-refractivity contribution is 7.99. The molecule has 20 heavy (non-hydrogen) atoms. The summed E-state index contributed by atoms with van der Waals surface area (Å²) >= 11 is 1.85. The topological polar surface area (TPSA) is 35.5 Å². The molecule has 1 aliphatic rings. The van der Waals surface area contributed by atoms with Crippen LogP contribution in [0.4, 0.5) is 11.4 Å². The van der Waals surface area contributed by atoms with Gasteiger partial charge in [-0.05, 0) is 17.7 Å². The number of thioether (sulfide) groups is 1. The number of β-amino-alcohol motifs (C(OH)–C–C–N with tert-alkyl or cyclic N) is 1. The molecule has 0 amide bonds. The maximum atomic E-state index is 9.28. The van der Waals surface area contributed by atoms with Crippen LogP contribution in [0.1, 0.15) is 5.56 Å². The van der Waals surface area contributed by atoms with Gasteiger partial charge in [-0.3, -0.25) is 0 Å². The van der Waals surface area contributed by atoms with Gasteiger partial charge in [-0.15, -0.1) is 11.8 Å². The Morgan fingerprint density at radius 2 is 1.80 bits per heavy atom. The molecule has 2 aromatic rings. The molecule has 2 aromatic carbocycles. The summed E-state index contributed by atoms with van der Waals surface area (Å²) in [5, 5.41) is 12.8. The van der Waals surface area contributed by atoms with Crippen molar-refractivity contribution >= 4 is 23.1 Å². The molecule has 3 nitrogen and oxygen atoms in total. The van der Waals surface area contributed by atoms with Crippen LogP contribution in [-0.4, -0.2) is 23.8 Å². The third kappa shape index (κ3) is 2.76. The lowest BCUT2D eigenvalue weighted by Crippen LogP contribution is -2.35. The second-order valence-corrected chi connectivity index (χ2v) is 5.80. The monoisotopic (exact) mass is 286 g/mol. The van der Waals surface area contributed by atoms with Crippen molar-refractivity contribution in [2.24, 2.45) is 0 Å². The highest BCUT2D eigenvalue weighted by Gasteiger charge is 2.27. The molecule has 4 heteroatoms. The summed E-state index contributed by atoms with van der Waals surface area (Å²) in [6, 6.07) is 18.7. The Morgan fingerprint density at radius 3 is 2.60 bits per heavy atom. The fourth-order valence-electron chi connectivity index (χ4n) is 2.41. The minimum absolute atomic E-state index is 0.165. The molecule has 104 valence electrons. The zero-order chi connectivity index (χ0) is 13.8. The van der Waals surface area contributed by atoms with Crippen LogP contribution in [0.15, 0.2) is 54.6 Å². The van der Waals surface area contributed by atoms with Crippen molar-refractivity contribution in [3.63, 3.8) is 0 Å². The van der Waals surface area contributed by atoms with Gasteiger partial charge in [0.2, 0.25) is 0 Å². The maximum absolute atomic E-state index is 9.28. The van der Waals surface area contributed by atoms with Crippen molar-refractivity contribution in [1.29, 1.82) is 0 Å². The normalized spacial score (nSPS) is 16.9. The summed E-state index contributed by atoms with van der Waals surface area (Å²) in [5.74, 6) is 0.953. The molecule has 0 spiro atoms. The van der Waals surface area contributed by atoms with Crippen LogP contribution in [0, 0.1) is 0 Å². The molecular weight excluding hydrogens is 268 g/mol. The van der Waals surface area contributed by atoms with E-state index in [1.807, 2.05) is 30.0 Å². The number of hydrogen-bond acceptors (Lipinski definition) is 4. The first kappa shape index (κ1) is 13.3. The third-order valence-corrected chi connectivity index (χ3v) is 4.56. The average molecular weight is 286 g/mol. The molecule has 0 saturated heterocycles. The molecule has 1 heterocycles. The smallest absolute Gasteiger partial charge is 0.148 e. The number of benzene rings is 2. The second kappa shape index (κ2) is 6.20. The predicted molar refractivity (Wildman–Crippen MR) is 86.0 cm³/mol. The lowest BCUT2D eigenvalue weighted by molar-refractivity contribution is 0.302. The van der Waals surface area contributed by atoms with E-state index in [1.165, 1.54) is 11.3 Å². The van der Waals surface area contributed by atoms with E-state index in [0.29, 0.717) is 6.54 Å². The number of hydrogen-bond donors (Lipinski definition) is 2. The number of nitrogens with zero attached hydrogens (tertiary/aromatic N) is 1. The number of nitrogens with one attached hydrogen (secondary N) is 1. The van der Waals surface area contributed by atoms with E-state index in [0.717, 1.165) is 11.4 Å². The largest absolute Gasteiger partial charge is 0.395 e. The van der Waals surface area contributed by atoms with E-state index < -0.39 is 0 Å². The Labute approximate surface area is 123 Å². The summed E-state index contributed by atoms with van der Waals surface area (Å²) in [5.41, 5.74) is 3.82. The molecule has 1 unspecified atom stereocenters. The third-order valence-electron chi connectivity index (χ3n) is 3.37. The van der Waals surface area contributed by atoms with Crippen molar-refractivity contribution in [3.8, 4) is 0 Å². The minimum atomic E-state index is 0.165. The average Bonchev–Trinajstić information content (AvgIpc) is 2.85. The van der Waals surface area contributed by atoms with E-state index in [9.17, 15) is 5.11 Å². The van der Waals surface area contributed by atoms with Gasteiger partial charge in [-0.25, -0.2) is 0 Å². The van der Waals surface area contributed by atoms with Gasteiger partial charge >= 0.3 is 0 Å². The highest BCUT2D eigenvalue weighted by atomic mass is 32.2. The summed E-state index contributed by atoms with van der Waals surface area (Å²) in [6.45, 7) is 0.814. The molecule has 0 saturated carbocycles. The quantitative estimate of drug-likeness (QED) is 0.885. The Morgan fingerprint density at radius 1 is 1.05 bits per heavy atom. The molecule has 1 aliphatic heterocycles. The van der Waals surface area contributed by atoms with Crippen molar-refractivity contribution in [2.45, 2.75) is 11.3 Å². The molecule has 3 rings (SSSR count). The Kier molecular flexibility index (Phi) is 4.14. The van der Waals surface area contributed by atoms with Gasteiger partial charge in [0.05, 0.1) is 18.0 Å². The molecule has 0 fully saturated rings. The minimum Gasteiger partial charge on any atom is -0.395 e. The van der Waals surface area contributed by atoms with E-state index in [-0.39, 0.29) is 12.1 Å². The zero-order valence-corrected chi connectivity index (χ0v) is 12.0. The zero-order valence-electron chi connectivity index (χ0n) is 11.2. The summed E-state index contributed by atoms with van der Waals surface area (Å²) in [6.07, 6.45) is 0. The molecule has 0 bridgehead atoms. The van der Waals surface area contributed by atoms with Crippen LogP contribution in [0.2, 0.25) is 0 Å². The number of aliphatic hydroxyl groups is 1. The van der Waals surface area contributed by atoms with Crippen LogP contribution in [0.3, 0.4) is 0 Å². The summed E-state index contributed by atoms with van der Waals surface area (Å²) in [7, 11) is 0. The molecule has 2 N–H and O–H groups in total. The molecular formula is C16H18N2OS. The summed E-state index contributed by atoms with van der Waals surface area (Å²) < 4.78 is 0. The van der Waals surface area contributed by atoms with Crippen LogP contribution in [-0.2, 0) is 5.75 Å². The number of fused-ring (bicyclic) bond motifs is 1. The second-order valence-electron chi connectivity index (χ2n) is 4.73. The van der Waals surface area contributed by atoms with Crippen molar-refractivity contribution in [1.82, 2.24) is 0 Å². The highest BCUT2D eigenvalue weighted by Crippen LogP contribution is 2.38. The van der Waals surface area contributed by atoms with E-state index in [4.69, 9.17) is 0 Å².